The quantitative estimate of drug-likeness (QED) is 0.566. The SMILES string of the molecule is CCOc1cccc(OCC(=O)N2CCN(c3ccc(-c4ccc(F)cc4)nn3)CC2)c1. The smallest absolute Gasteiger partial charge is 0.260 e. The highest BCUT2D eigenvalue weighted by molar-refractivity contribution is 5.78. The maximum absolute atomic E-state index is 13.1. The number of rotatable bonds is 7. The molecule has 1 fully saturated rings. The Labute approximate surface area is 186 Å². The Bertz CT molecular complexity index is 1040. The van der Waals surface area contributed by atoms with Gasteiger partial charge in [-0.05, 0) is 55.5 Å². The summed E-state index contributed by atoms with van der Waals surface area (Å²) < 4.78 is 24.2. The van der Waals surface area contributed by atoms with Gasteiger partial charge in [-0.15, -0.1) is 10.2 Å². The van der Waals surface area contributed by atoms with Gasteiger partial charge in [-0.1, -0.05) is 6.07 Å². The summed E-state index contributed by atoms with van der Waals surface area (Å²) in [4.78, 5) is 16.4. The van der Waals surface area contributed by atoms with Gasteiger partial charge in [-0.3, -0.25) is 4.79 Å². The van der Waals surface area contributed by atoms with Crippen molar-refractivity contribution in [2.75, 3.05) is 44.3 Å². The molecule has 2 heterocycles. The molecule has 0 bridgehead atoms. The van der Waals surface area contributed by atoms with Crippen molar-refractivity contribution in [3.63, 3.8) is 0 Å². The van der Waals surface area contributed by atoms with Crippen LogP contribution in [-0.4, -0.2) is 60.4 Å². The van der Waals surface area contributed by atoms with Gasteiger partial charge in [-0.2, -0.15) is 0 Å². The number of halogens is 1. The van der Waals surface area contributed by atoms with E-state index in [0.29, 0.717) is 44.2 Å². The first-order valence-corrected chi connectivity index (χ1v) is 10.6. The highest BCUT2D eigenvalue weighted by Crippen LogP contribution is 2.21. The molecule has 7 nitrogen and oxygen atoms in total. The first-order valence-electron chi connectivity index (χ1n) is 10.6. The Kier molecular flexibility index (Phi) is 6.79. The fourth-order valence-electron chi connectivity index (χ4n) is 3.51. The van der Waals surface area contributed by atoms with E-state index < -0.39 is 0 Å². The second kappa shape index (κ2) is 10.1. The van der Waals surface area contributed by atoms with Crippen LogP contribution in [0, 0.1) is 5.82 Å². The van der Waals surface area contributed by atoms with E-state index in [-0.39, 0.29) is 18.3 Å². The van der Waals surface area contributed by atoms with Crippen molar-refractivity contribution in [2.24, 2.45) is 0 Å². The van der Waals surface area contributed by atoms with E-state index in [1.165, 1.54) is 12.1 Å². The molecule has 4 rings (SSSR count). The van der Waals surface area contributed by atoms with Gasteiger partial charge in [0, 0.05) is 37.8 Å². The van der Waals surface area contributed by atoms with Crippen molar-refractivity contribution in [3.8, 4) is 22.8 Å². The number of ether oxygens (including phenoxy) is 2. The normalized spacial score (nSPS) is 13.7. The summed E-state index contributed by atoms with van der Waals surface area (Å²) in [5, 5.41) is 8.58. The summed E-state index contributed by atoms with van der Waals surface area (Å²) in [6.07, 6.45) is 0. The molecule has 0 spiro atoms. The lowest BCUT2D eigenvalue weighted by Crippen LogP contribution is -2.50. The van der Waals surface area contributed by atoms with Crippen LogP contribution in [-0.2, 0) is 4.79 Å². The van der Waals surface area contributed by atoms with Crippen molar-refractivity contribution >= 4 is 11.7 Å². The maximum Gasteiger partial charge on any atom is 0.260 e. The molecule has 0 aliphatic carbocycles. The van der Waals surface area contributed by atoms with E-state index in [0.717, 1.165) is 17.1 Å². The molecule has 1 amide bonds. The lowest BCUT2D eigenvalue weighted by Gasteiger charge is -2.35. The molecule has 1 aliphatic heterocycles. The first-order chi connectivity index (χ1) is 15.6. The molecule has 0 N–H and O–H groups in total. The zero-order chi connectivity index (χ0) is 22.3. The van der Waals surface area contributed by atoms with E-state index in [1.807, 2.05) is 37.3 Å². The Balaban J connectivity index is 1.27. The highest BCUT2D eigenvalue weighted by atomic mass is 19.1. The fraction of sp³-hybridized carbons (Fsp3) is 0.292. The second-order valence-electron chi connectivity index (χ2n) is 7.35. The summed E-state index contributed by atoms with van der Waals surface area (Å²) in [5.74, 6) is 1.75. The minimum Gasteiger partial charge on any atom is -0.494 e. The fourth-order valence-corrected chi connectivity index (χ4v) is 3.51. The van der Waals surface area contributed by atoms with Gasteiger partial charge < -0.3 is 19.3 Å². The first kappa shape index (κ1) is 21.5. The molecule has 8 heteroatoms. The Hall–Kier alpha value is -3.68. The lowest BCUT2D eigenvalue weighted by atomic mass is 10.1. The van der Waals surface area contributed by atoms with Crippen LogP contribution in [0.3, 0.4) is 0 Å². The molecule has 0 saturated carbocycles. The van der Waals surface area contributed by atoms with Gasteiger partial charge >= 0.3 is 0 Å². The third-order valence-corrected chi connectivity index (χ3v) is 5.23. The molecule has 2 aromatic carbocycles. The monoisotopic (exact) mass is 436 g/mol. The van der Waals surface area contributed by atoms with Gasteiger partial charge in [0.25, 0.3) is 5.91 Å². The summed E-state index contributed by atoms with van der Waals surface area (Å²) >= 11 is 0. The van der Waals surface area contributed by atoms with E-state index >= 15 is 0 Å². The van der Waals surface area contributed by atoms with E-state index in [1.54, 1.807) is 23.1 Å². The Morgan fingerprint density at radius 3 is 2.31 bits per heavy atom. The predicted molar refractivity (Wildman–Crippen MR) is 119 cm³/mol. The summed E-state index contributed by atoms with van der Waals surface area (Å²) in [5.41, 5.74) is 1.50. The highest BCUT2D eigenvalue weighted by Gasteiger charge is 2.22. The molecule has 0 unspecified atom stereocenters. The Morgan fingerprint density at radius 1 is 0.938 bits per heavy atom. The summed E-state index contributed by atoms with van der Waals surface area (Å²) in [6.45, 7) is 4.98. The van der Waals surface area contributed by atoms with Gasteiger partial charge in [0.15, 0.2) is 12.4 Å². The zero-order valence-electron chi connectivity index (χ0n) is 17.9. The number of carbonyl (C=O) groups excluding carboxylic acids is 1. The zero-order valence-corrected chi connectivity index (χ0v) is 17.9. The van der Waals surface area contributed by atoms with E-state index in [2.05, 4.69) is 15.1 Å². The molecule has 1 aromatic heterocycles. The molecule has 1 saturated heterocycles. The average molecular weight is 436 g/mol. The third kappa shape index (κ3) is 5.32. The number of piperazine rings is 1. The maximum atomic E-state index is 13.1. The van der Waals surface area contributed by atoms with Crippen LogP contribution in [0.2, 0.25) is 0 Å². The van der Waals surface area contributed by atoms with E-state index in [9.17, 15) is 9.18 Å². The molecule has 0 radical (unpaired) electrons. The summed E-state index contributed by atoms with van der Waals surface area (Å²) in [6, 6.07) is 17.2. The minimum absolute atomic E-state index is 0.0122. The van der Waals surface area contributed by atoms with Crippen LogP contribution in [0.4, 0.5) is 10.2 Å². The number of benzene rings is 2. The molecular formula is C24H25FN4O3. The topological polar surface area (TPSA) is 67.8 Å². The lowest BCUT2D eigenvalue weighted by molar-refractivity contribution is -0.133. The minimum atomic E-state index is -0.282. The van der Waals surface area contributed by atoms with Crippen molar-refractivity contribution < 1.29 is 18.7 Å². The third-order valence-electron chi connectivity index (χ3n) is 5.23. The molecule has 166 valence electrons. The largest absolute Gasteiger partial charge is 0.494 e. The molecular weight excluding hydrogens is 411 g/mol. The van der Waals surface area contributed by atoms with Gasteiger partial charge in [0.05, 0.1) is 12.3 Å². The molecule has 32 heavy (non-hydrogen) atoms. The second-order valence-corrected chi connectivity index (χ2v) is 7.35. The van der Waals surface area contributed by atoms with Crippen LogP contribution < -0.4 is 14.4 Å². The molecule has 3 aromatic rings. The van der Waals surface area contributed by atoms with Crippen LogP contribution >= 0.6 is 0 Å². The van der Waals surface area contributed by atoms with Gasteiger partial charge in [0.1, 0.15) is 17.3 Å². The summed E-state index contributed by atoms with van der Waals surface area (Å²) in [7, 11) is 0. The van der Waals surface area contributed by atoms with Gasteiger partial charge in [0.2, 0.25) is 0 Å². The number of aromatic nitrogens is 2. The standard InChI is InChI=1S/C24H25FN4O3/c1-2-31-20-4-3-5-21(16-20)32-17-24(30)29-14-12-28(13-15-29)23-11-10-22(26-27-23)18-6-8-19(25)9-7-18/h3-11,16H,2,12-15,17H2,1H3. The van der Waals surface area contributed by atoms with Gasteiger partial charge in [-0.25, -0.2) is 4.39 Å². The number of amides is 1. The van der Waals surface area contributed by atoms with Crippen LogP contribution in [0.25, 0.3) is 11.3 Å². The molecule has 0 atom stereocenters. The van der Waals surface area contributed by atoms with E-state index in [4.69, 9.17) is 9.47 Å². The Morgan fingerprint density at radius 2 is 1.66 bits per heavy atom. The number of carbonyl (C=O) groups is 1. The van der Waals surface area contributed by atoms with Crippen molar-refractivity contribution in [1.29, 1.82) is 0 Å². The average Bonchev–Trinajstić information content (AvgIpc) is 2.84. The van der Waals surface area contributed by atoms with Crippen LogP contribution in [0.15, 0.2) is 60.7 Å². The van der Waals surface area contributed by atoms with Crippen molar-refractivity contribution in [3.05, 3.63) is 66.5 Å². The van der Waals surface area contributed by atoms with Crippen LogP contribution in [0.1, 0.15) is 6.92 Å². The number of hydrogen-bond acceptors (Lipinski definition) is 6. The van der Waals surface area contributed by atoms with Crippen LogP contribution in [0.5, 0.6) is 11.5 Å². The number of hydrogen-bond donors (Lipinski definition) is 0. The number of anilines is 1. The van der Waals surface area contributed by atoms with Crippen molar-refractivity contribution in [2.45, 2.75) is 6.92 Å². The van der Waals surface area contributed by atoms with Crippen molar-refractivity contribution in [1.82, 2.24) is 15.1 Å². The number of nitrogens with zero attached hydrogens (tertiary/aromatic N) is 4. The predicted octanol–water partition coefficient (Wildman–Crippen LogP) is 3.41. The molecule has 1 aliphatic rings.